The van der Waals surface area contributed by atoms with Gasteiger partial charge in [0.05, 0.1) is 0 Å². The number of carbonyl (C=O) groups excluding carboxylic acids is 1. The van der Waals surface area contributed by atoms with Gasteiger partial charge in [0.15, 0.2) is 5.13 Å². The number of nitrogens with zero attached hydrogens (tertiary/aromatic N) is 1. The average Bonchev–Trinajstić information content (AvgIpc) is 2.64. The Labute approximate surface area is 111 Å². The molecule has 1 aromatic carbocycles. The van der Waals surface area contributed by atoms with E-state index in [2.05, 4.69) is 10.3 Å². The lowest BCUT2D eigenvalue weighted by Crippen LogP contribution is -2.11. The predicted octanol–water partition coefficient (Wildman–Crippen LogP) is 3.29. The zero-order valence-electron chi connectivity index (χ0n) is 8.41. The van der Waals surface area contributed by atoms with E-state index in [4.69, 9.17) is 28.9 Å². The summed E-state index contributed by atoms with van der Waals surface area (Å²) in [6.45, 7) is 0. The van der Waals surface area contributed by atoms with Crippen LogP contribution in [-0.2, 0) is 0 Å². The molecule has 0 aliphatic rings. The number of anilines is 2. The van der Waals surface area contributed by atoms with Gasteiger partial charge in [-0.2, -0.15) is 0 Å². The van der Waals surface area contributed by atoms with E-state index in [1.165, 1.54) is 11.3 Å². The number of primary amides is 1. The molecular formula is C10H7Cl2N3OS. The van der Waals surface area contributed by atoms with E-state index in [1.807, 2.05) is 0 Å². The van der Waals surface area contributed by atoms with Crippen LogP contribution in [0.15, 0.2) is 23.6 Å². The molecule has 0 unspecified atom stereocenters. The minimum absolute atomic E-state index is 0.227. The van der Waals surface area contributed by atoms with Gasteiger partial charge in [-0.15, -0.1) is 11.3 Å². The number of amides is 1. The molecular weight excluding hydrogens is 281 g/mol. The number of halogens is 2. The third kappa shape index (κ3) is 3.09. The zero-order valence-corrected chi connectivity index (χ0v) is 10.7. The smallest absolute Gasteiger partial charge is 0.268 e. The van der Waals surface area contributed by atoms with Crippen molar-refractivity contribution >= 4 is 51.3 Å². The Kier molecular flexibility index (Phi) is 3.51. The van der Waals surface area contributed by atoms with Crippen LogP contribution in [0.1, 0.15) is 10.5 Å². The van der Waals surface area contributed by atoms with E-state index in [1.54, 1.807) is 23.6 Å². The fraction of sp³-hybridized carbons (Fsp3) is 0. The Morgan fingerprint density at radius 3 is 2.47 bits per heavy atom. The summed E-state index contributed by atoms with van der Waals surface area (Å²) in [6.07, 6.45) is 0. The van der Waals surface area contributed by atoms with E-state index >= 15 is 0 Å². The number of hydrogen-bond donors (Lipinski definition) is 2. The van der Waals surface area contributed by atoms with Gasteiger partial charge in [-0.1, -0.05) is 23.2 Å². The second kappa shape index (κ2) is 4.91. The van der Waals surface area contributed by atoms with Gasteiger partial charge in [0.25, 0.3) is 5.91 Å². The molecule has 2 aromatic rings. The topological polar surface area (TPSA) is 68.0 Å². The average molecular weight is 288 g/mol. The molecule has 3 N–H and O–H groups in total. The summed E-state index contributed by atoms with van der Waals surface area (Å²) in [4.78, 5) is 14.9. The van der Waals surface area contributed by atoms with Gasteiger partial charge in [-0.05, 0) is 18.2 Å². The molecule has 1 amide bonds. The van der Waals surface area contributed by atoms with Crippen molar-refractivity contribution in [1.82, 2.24) is 4.98 Å². The molecule has 0 atom stereocenters. The van der Waals surface area contributed by atoms with Crippen molar-refractivity contribution in [2.75, 3.05) is 5.32 Å². The largest absolute Gasteiger partial charge is 0.364 e. The van der Waals surface area contributed by atoms with Gasteiger partial charge in [0.1, 0.15) is 5.69 Å². The highest BCUT2D eigenvalue weighted by molar-refractivity contribution is 7.14. The van der Waals surface area contributed by atoms with Crippen molar-refractivity contribution in [3.8, 4) is 0 Å². The summed E-state index contributed by atoms with van der Waals surface area (Å²) in [5.41, 5.74) is 6.03. The van der Waals surface area contributed by atoms with Crippen LogP contribution in [0.25, 0.3) is 0 Å². The summed E-state index contributed by atoms with van der Waals surface area (Å²) in [6, 6.07) is 5.04. The van der Waals surface area contributed by atoms with Crippen LogP contribution >= 0.6 is 34.5 Å². The first-order valence-electron chi connectivity index (χ1n) is 4.53. The van der Waals surface area contributed by atoms with Crippen molar-refractivity contribution < 1.29 is 4.79 Å². The summed E-state index contributed by atoms with van der Waals surface area (Å²) in [5, 5.41) is 6.16. The van der Waals surface area contributed by atoms with Crippen molar-refractivity contribution in [2.45, 2.75) is 0 Å². The van der Waals surface area contributed by atoms with Crippen molar-refractivity contribution in [2.24, 2.45) is 5.73 Å². The fourth-order valence-electron chi connectivity index (χ4n) is 1.19. The van der Waals surface area contributed by atoms with Gasteiger partial charge in [0.2, 0.25) is 0 Å². The Bertz CT molecular complexity index is 550. The highest BCUT2D eigenvalue weighted by Gasteiger charge is 2.07. The van der Waals surface area contributed by atoms with Crippen LogP contribution in [0.3, 0.4) is 0 Å². The van der Waals surface area contributed by atoms with Gasteiger partial charge in [0, 0.05) is 21.1 Å². The van der Waals surface area contributed by atoms with Crippen LogP contribution in [0.2, 0.25) is 10.0 Å². The third-order valence-corrected chi connectivity index (χ3v) is 3.06. The first-order chi connectivity index (χ1) is 8.04. The maximum atomic E-state index is 10.9. The first-order valence-corrected chi connectivity index (χ1v) is 6.16. The summed E-state index contributed by atoms with van der Waals surface area (Å²) < 4.78 is 0. The summed E-state index contributed by atoms with van der Waals surface area (Å²) >= 11 is 13.0. The maximum Gasteiger partial charge on any atom is 0.268 e. The number of rotatable bonds is 3. The Morgan fingerprint density at radius 1 is 1.29 bits per heavy atom. The standard InChI is InChI=1S/C10H7Cl2N3OS/c11-5-1-6(12)3-7(2-5)14-10-15-8(4-17-10)9(13)16/h1-4H,(H2,13,16)(H,14,15). The molecule has 0 radical (unpaired) electrons. The number of nitrogens with two attached hydrogens (primary N) is 1. The minimum atomic E-state index is -0.557. The van der Waals surface area contributed by atoms with Crippen LogP contribution in [0.4, 0.5) is 10.8 Å². The summed E-state index contributed by atoms with van der Waals surface area (Å²) in [5.74, 6) is -0.557. The molecule has 7 heteroatoms. The molecule has 0 saturated heterocycles. The van der Waals surface area contributed by atoms with E-state index in [0.29, 0.717) is 20.9 Å². The molecule has 0 bridgehead atoms. The second-order valence-electron chi connectivity index (χ2n) is 3.19. The van der Waals surface area contributed by atoms with E-state index in [0.717, 1.165) is 0 Å². The summed E-state index contributed by atoms with van der Waals surface area (Å²) in [7, 11) is 0. The SMILES string of the molecule is NC(=O)c1csc(Nc2cc(Cl)cc(Cl)c2)n1. The number of carbonyl (C=O) groups is 1. The molecule has 88 valence electrons. The minimum Gasteiger partial charge on any atom is -0.364 e. The van der Waals surface area contributed by atoms with Gasteiger partial charge in [-0.3, -0.25) is 4.79 Å². The van der Waals surface area contributed by atoms with Crippen LogP contribution in [-0.4, -0.2) is 10.9 Å². The Hall–Kier alpha value is -1.30. The van der Waals surface area contributed by atoms with Gasteiger partial charge < -0.3 is 11.1 Å². The normalized spacial score (nSPS) is 10.2. The van der Waals surface area contributed by atoms with Crippen molar-refractivity contribution in [1.29, 1.82) is 0 Å². The van der Waals surface area contributed by atoms with E-state index in [9.17, 15) is 4.79 Å². The molecule has 0 saturated carbocycles. The molecule has 0 spiro atoms. The molecule has 0 fully saturated rings. The highest BCUT2D eigenvalue weighted by Crippen LogP contribution is 2.26. The first kappa shape index (κ1) is 12.2. The Balaban J connectivity index is 2.22. The lowest BCUT2D eigenvalue weighted by molar-refractivity contribution is 0.0996. The maximum absolute atomic E-state index is 10.9. The molecule has 0 aliphatic carbocycles. The second-order valence-corrected chi connectivity index (χ2v) is 4.92. The fourth-order valence-corrected chi connectivity index (χ4v) is 2.44. The molecule has 0 aliphatic heterocycles. The molecule has 1 heterocycles. The van der Waals surface area contributed by atoms with Gasteiger partial charge >= 0.3 is 0 Å². The number of nitrogens with one attached hydrogen (secondary N) is 1. The monoisotopic (exact) mass is 287 g/mol. The highest BCUT2D eigenvalue weighted by atomic mass is 35.5. The van der Waals surface area contributed by atoms with Crippen LogP contribution in [0.5, 0.6) is 0 Å². The zero-order chi connectivity index (χ0) is 12.4. The Morgan fingerprint density at radius 2 is 1.94 bits per heavy atom. The van der Waals surface area contributed by atoms with Crippen LogP contribution in [0, 0.1) is 0 Å². The quantitative estimate of drug-likeness (QED) is 0.910. The predicted molar refractivity (Wildman–Crippen MR) is 70.4 cm³/mol. The molecule has 17 heavy (non-hydrogen) atoms. The van der Waals surface area contributed by atoms with Crippen molar-refractivity contribution in [3.05, 3.63) is 39.3 Å². The van der Waals surface area contributed by atoms with Gasteiger partial charge in [-0.25, -0.2) is 4.98 Å². The van der Waals surface area contributed by atoms with E-state index in [-0.39, 0.29) is 5.69 Å². The van der Waals surface area contributed by atoms with E-state index < -0.39 is 5.91 Å². The lowest BCUT2D eigenvalue weighted by Gasteiger charge is -2.03. The third-order valence-electron chi connectivity index (χ3n) is 1.87. The number of aromatic nitrogens is 1. The number of thiazole rings is 1. The lowest BCUT2D eigenvalue weighted by atomic mass is 10.3. The van der Waals surface area contributed by atoms with Crippen LogP contribution < -0.4 is 11.1 Å². The molecule has 1 aromatic heterocycles. The molecule has 4 nitrogen and oxygen atoms in total. The van der Waals surface area contributed by atoms with Crippen molar-refractivity contribution in [3.63, 3.8) is 0 Å². The molecule has 2 rings (SSSR count). The number of benzene rings is 1. The number of hydrogen-bond acceptors (Lipinski definition) is 4.